The lowest BCUT2D eigenvalue weighted by atomic mass is 9.97. The van der Waals surface area contributed by atoms with Gasteiger partial charge >= 0.3 is 0 Å². The van der Waals surface area contributed by atoms with Crippen molar-refractivity contribution in [3.63, 3.8) is 0 Å². The summed E-state index contributed by atoms with van der Waals surface area (Å²) in [5.74, 6) is 0. The van der Waals surface area contributed by atoms with E-state index in [2.05, 4.69) is 193 Å². The Bertz CT molecular complexity index is 3370. The van der Waals surface area contributed by atoms with E-state index in [0.717, 1.165) is 50.1 Å². The number of anilines is 3. The second kappa shape index (κ2) is 12.0. The summed E-state index contributed by atoms with van der Waals surface area (Å²) in [6.07, 6.45) is 0. The van der Waals surface area contributed by atoms with Gasteiger partial charge in [0.25, 0.3) is 0 Å². The smallest absolute Gasteiger partial charge is 0.143 e. The first-order valence-electron chi connectivity index (χ1n) is 19.2. The molecular formula is C54H33NO. The lowest BCUT2D eigenvalue weighted by Gasteiger charge is -2.27. The van der Waals surface area contributed by atoms with Crippen molar-refractivity contribution in [3.05, 3.63) is 200 Å². The van der Waals surface area contributed by atoms with Crippen molar-refractivity contribution in [2.24, 2.45) is 0 Å². The molecule has 1 aromatic heterocycles. The third-order valence-corrected chi connectivity index (χ3v) is 11.8. The molecule has 0 N–H and O–H groups in total. The Morgan fingerprint density at radius 2 is 0.946 bits per heavy atom. The number of fused-ring (bicyclic) bond motifs is 9. The van der Waals surface area contributed by atoms with Gasteiger partial charge in [0.2, 0.25) is 0 Å². The molecule has 2 nitrogen and oxygen atoms in total. The van der Waals surface area contributed by atoms with Crippen LogP contribution in [0.1, 0.15) is 0 Å². The van der Waals surface area contributed by atoms with Crippen LogP contribution in [0.3, 0.4) is 0 Å². The average molecular weight is 712 g/mol. The Kier molecular flexibility index (Phi) is 6.66. The van der Waals surface area contributed by atoms with Gasteiger partial charge < -0.3 is 9.32 Å². The van der Waals surface area contributed by atoms with E-state index in [9.17, 15) is 0 Å². The molecule has 1 aliphatic carbocycles. The van der Waals surface area contributed by atoms with E-state index in [-0.39, 0.29) is 0 Å². The second-order valence-corrected chi connectivity index (χ2v) is 14.9. The maximum atomic E-state index is 6.45. The van der Waals surface area contributed by atoms with E-state index in [1.54, 1.807) is 0 Å². The van der Waals surface area contributed by atoms with Crippen LogP contribution in [0.4, 0.5) is 17.1 Å². The van der Waals surface area contributed by atoms with Gasteiger partial charge in [0, 0.05) is 33.4 Å². The average Bonchev–Trinajstić information content (AvgIpc) is 3.81. The van der Waals surface area contributed by atoms with E-state index < -0.39 is 0 Å². The molecule has 0 aliphatic heterocycles. The Morgan fingerprint density at radius 1 is 0.304 bits per heavy atom. The third kappa shape index (κ3) is 4.69. The molecule has 0 amide bonds. The molecule has 1 heterocycles. The molecule has 1 aliphatic rings. The minimum absolute atomic E-state index is 0.909. The summed E-state index contributed by atoms with van der Waals surface area (Å²) < 4.78 is 6.45. The Hall–Kier alpha value is -7.42. The summed E-state index contributed by atoms with van der Waals surface area (Å²) in [6, 6.07) is 72.9. The number of furan rings is 1. The van der Waals surface area contributed by atoms with Crippen LogP contribution < -0.4 is 4.90 Å². The van der Waals surface area contributed by atoms with Crippen molar-refractivity contribution < 1.29 is 4.42 Å². The van der Waals surface area contributed by atoms with Gasteiger partial charge in [0.15, 0.2) is 0 Å². The van der Waals surface area contributed by atoms with Gasteiger partial charge in [-0.2, -0.15) is 0 Å². The summed E-state index contributed by atoms with van der Waals surface area (Å²) >= 11 is 0. The highest BCUT2D eigenvalue weighted by atomic mass is 16.3. The molecule has 0 radical (unpaired) electrons. The van der Waals surface area contributed by atoms with Gasteiger partial charge in [-0.05, 0) is 120 Å². The minimum atomic E-state index is 0.909. The largest absolute Gasteiger partial charge is 0.455 e. The van der Waals surface area contributed by atoms with Gasteiger partial charge in [-0.15, -0.1) is 0 Å². The van der Waals surface area contributed by atoms with E-state index in [1.807, 2.05) is 12.1 Å². The van der Waals surface area contributed by atoms with Crippen LogP contribution >= 0.6 is 0 Å². The predicted octanol–water partition coefficient (Wildman–Crippen LogP) is 15.5. The fourth-order valence-electron chi connectivity index (χ4n) is 9.16. The van der Waals surface area contributed by atoms with Crippen molar-refractivity contribution in [1.82, 2.24) is 0 Å². The maximum absolute atomic E-state index is 6.45. The van der Waals surface area contributed by atoms with E-state index in [0.29, 0.717) is 0 Å². The quantitative estimate of drug-likeness (QED) is 0.165. The van der Waals surface area contributed by atoms with Crippen LogP contribution in [-0.4, -0.2) is 0 Å². The molecule has 0 saturated heterocycles. The molecule has 0 spiro atoms. The Labute approximate surface area is 324 Å². The highest BCUT2D eigenvalue weighted by Crippen LogP contribution is 2.50. The zero-order valence-electron chi connectivity index (χ0n) is 30.4. The van der Waals surface area contributed by atoms with Crippen LogP contribution in [0.5, 0.6) is 0 Å². The molecule has 10 aromatic carbocycles. The molecule has 11 aromatic rings. The zero-order valence-corrected chi connectivity index (χ0v) is 30.4. The van der Waals surface area contributed by atoms with Gasteiger partial charge in [0.05, 0.1) is 0 Å². The number of benzene rings is 10. The van der Waals surface area contributed by atoms with Gasteiger partial charge in [-0.3, -0.25) is 0 Å². The summed E-state index contributed by atoms with van der Waals surface area (Å²) in [4.78, 5) is 2.41. The summed E-state index contributed by atoms with van der Waals surface area (Å²) in [5.41, 5.74) is 14.9. The van der Waals surface area contributed by atoms with Crippen LogP contribution in [0.25, 0.3) is 98.8 Å². The standard InChI is InChI=1S/C54H33NO/c1-2-14-43-34(10-1)22-23-38-30-37(26-29-44(38)43)36-11-7-13-41(31-36)55(42-32-39-12-8-19-49-46-15-3-4-16-47(46)51(33-42)53(39)49)40-27-24-35(25-28-40)45-18-9-20-50-48-17-5-6-21-52(48)56-54(45)50/h1-33H. The highest BCUT2D eigenvalue weighted by molar-refractivity contribution is 6.17. The second-order valence-electron chi connectivity index (χ2n) is 14.9. The molecular weight excluding hydrogens is 679 g/mol. The zero-order chi connectivity index (χ0) is 36.7. The molecule has 0 atom stereocenters. The lowest BCUT2D eigenvalue weighted by Crippen LogP contribution is -2.10. The van der Waals surface area contributed by atoms with Crippen LogP contribution in [0.2, 0.25) is 0 Å². The molecule has 0 bridgehead atoms. The number of nitrogens with zero attached hydrogens (tertiary/aromatic N) is 1. The Morgan fingerprint density at radius 3 is 1.86 bits per heavy atom. The summed E-state index contributed by atoms with van der Waals surface area (Å²) in [7, 11) is 0. The maximum Gasteiger partial charge on any atom is 0.143 e. The summed E-state index contributed by atoms with van der Waals surface area (Å²) in [6.45, 7) is 0. The van der Waals surface area contributed by atoms with Crippen molar-refractivity contribution >= 4 is 71.3 Å². The van der Waals surface area contributed by atoms with Crippen molar-refractivity contribution in [3.8, 4) is 44.5 Å². The minimum Gasteiger partial charge on any atom is -0.455 e. The van der Waals surface area contributed by atoms with Crippen LogP contribution in [0, 0.1) is 0 Å². The van der Waals surface area contributed by atoms with Gasteiger partial charge in [-0.25, -0.2) is 0 Å². The normalized spacial score (nSPS) is 11.9. The number of hydrogen-bond donors (Lipinski definition) is 0. The number of hydrogen-bond acceptors (Lipinski definition) is 2. The first kappa shape index (κ1) is 31.0. The molecule has 56 heavy (non-hydrogen) atoms. The monoisotopic (exact) mass is 711 g/mol. The first-order chi connectivity index (χ1) is 27.7. The van der Waals surface area contributed by atoms with E-state index in [1.165, 1.54) is 65.7 Å². The van der Waals surface area contributed by atoms with Crippen molar-refractivity contribution in [2.45, 2.75) is 0 Å². The lowest BCUT2D eigenvalue weighted by molar-refractivity contribution is 0.670. The summed E-state index contributed by atoms with van der Waals surface area (Å²) in [5, 5.41) is 9.90. The molecule has 0 saturated carbocycles. The molecule has 260 valence electrons. The highest BCUT2D eigenvalue weighted by Gasteiger charge is 2.24. The van der Waals surface area contributed by atoms with E-state index in [4.69, 9.17) is 4.42 Å². The third-order valence-electron chi connectivity index (χ3n) is 11.8. The first-order valence-corrected chi connectivity index (χ1v) is 19.2. The number of rotatable bonds is 5. The van der Waals surface area contributed by atoms with Gasteiger partial charge in [-0.1, -0.05) is 152 Å². The van der Waals surface area contributed by atoms with Gasteiger partial charge in [0.1, 0.15) is 11.2 Å². The topological polar surface area (TPSA) is 16.4 Å². The molecule has 0 unspecified atom stereocenters. The fraction of sp³-hybridized carbons (Fsp3) is 0. The SMILES string of the molecule is c1cc(-c2ccc3c(ccc4ccccc43)c2)cc(N(c2ccc(-c3cccc4c3oc3ccccc34)cc2)c2cc3c4c(cccc4c2)-c2ccccc2-3)c1. The van der Waals surface area contributed by atoms with Crippen LogP contribution in [0.15, 0.2) is 205 Å². The van der Waals surface area contributed by atoms with Crippen molar-refractivity contribution in [2.75, 3.05) is 4.90 Å². The predicted molar refractivity (Wildman–Crippen MR) is 236 cm³/mol. The van der Waals surface area contributed by atoms with Crippen LogP contribution in [-0.2, 0) is 0 Å². The molecule has 0 fully saturated rings. The fourth-order valence-corrected chi connectivity index (χ4v) is 9.16. The molecule has 12 rings (SSSR count). The molecule has 2 heteroatoms. The number of para-hydroxylation sites is 2. The Balaban J connectivity index is 1.02. The van der Waals surface area contributed by atoms with Crippen molar-refractivity contribution in [1.29, 1.82) is 0 Å². The van der Waals surface area contributed by atoms with E-state index >= 15 is 0 Å².